The molecule has 0 saturated heterocycles. The summed E-state index contributed by atoms with van der Waals surface area (Å²) in [6.45, 7) is 0. The average Bonchev–Trinajstić information content (AvgIpc) is 3.17. The summed E-state index contributed by atoms with van der Waals surface area (Å²) in [4.78, 5) is 16.7. The molecule has 1 aromatic carbocycles. The lowest BCUT2D eigenvalue weighted by molar-refractivity contribution is 0.0997. The second-order valence-electron chi connectivity index (χ2n) is 4.16. The Balaban J connectivity index is 1.94. The number of furan rings is 1. The molecule has 1 N–H and O–H groups in total. The molecule has 2 heterocycles. The Kier molecular flexibility index (Phi) is 4.08. The number of aromatic nitrogens is 1. The van der Waals surface area contributed by atoms with Crippen LogP contribution in [0.1, 0.15) is 10.6 Å². The van der Waals surface area contributed by atoms with Gasteiger partial charge in [0.25, 0.3) is 5.91 Å². The summed E-state index contributed by atoms with van der Waals surface area (Å²) < 4.78 is 6.02. The van der Waals surface area contributed by atoms with E-state index in [1.807, 2.05) is 36.6 Å². The van der Waals surface area contributed by atoms with Crippen molar-refractivity contribution in [3.8, 4) is 11.3 Å². The van der Waals surface area contributed by atoms with E-state index in [4.69, 9.17) is 4.42 Å². The molecule has 1 amide bonds. The molecule has 0 fully saturated rings. The van der Waals surface area contributed by atoms with Crippen LogP contribution in [0.3, 0.4) is 0 Å². The second kappa shape index (κ2) is 6.15. The van der Waals surface area contributed by atoms with Crippen molar-refractivity contribution in [2.75, 3.05) is 11.6 Å². The van der Waals surface area contributed by atoms with E-state index >= 15 is 0 Å². The molecular formula is C15H12N2O2S2. The summed E-state index contributed by atoms with van der Waals surface area (Å²) in [7, 11) is 0. The predicted molar refractivity (Wildman–Crippen MR) is 86.0 cm³/mol. The Hall–Kier alpha value is -2.05. The summed E-state index contributed by atoms with van der Waals surface area (Å²) >= 11 is 3.01. The summed E-state index contributed by atoms with van der Waals surface area (Å²) in [5, 5.41) is 3.60. The SMILES string of the molecule is CSc1nc(-c2ccccc2)c(NC(=O)c2ccco2)s1. The number of nitrogens with zero attached hydrogens (tertiary/aromatic N) is 1. The fraction of sp³-hybridized carbons (Fsp3) is 0.0667. The maximum absolute atomic E-state index is 12.1. The van der Waals surface area contributed by atoms with Crippen LogP contribution in [0.2, 0.25) is 0 Å². The number of rotatable bonds is 4. The van der Waals surface area contributed by atoms with Crippen LogP contribution in [0.15, 0.2) is 57.5 Å². The molecule has 106 valence electrons. The van der Waals surface area contributed by atoms with Gasteiger partial charge in [-0.25, -0.2) is 4.98 Å². The average molecular weight is 316 g/mol. The Morgan fingerprint density at radius 1 is 1.24 bits per heavy atom. The van der Waals surface area contributed by atoms with Gasteiger partial charge < -0.3 is 9.73 Å². The lowest BCUT2D eigenvalue weighted by atomic mass is 10.2. The van der Waals surface area contributed by atoms with Crippen LogP contribution in [0.5, 0.6) is 0 Å². The Bertz CT molecular complexity index is 736. The van der Waals surface area contributed by atoms with Gasteiger partial charge in [-0.15, -0.1) is 0 Å². The molecule has 0 aliphatic heterocycles. The van der Waals surface area contributed by atoms with Gasteiger partial charge in [-0.1, -0.05) is 53.4 Å². The van der Waals surface area contributed by atoms with E-state index < -0.39 is 0 Å². The van der Waals surface area contributed by atoms with Crippen LogP contribution in [0, 0.1) is 0 Å². The normalized spacial score (nSPS) is 10.5. The van der Waals surface area contributed by atoms with E-state index in [1.165, 1.54) is 17.6 Å². The Morgan fingerprint density at radius 2 is 2.05 bits per heavy atom. The van der Waals surface area contributed by atoms with Crippen LogP contribution in [-0.4, -0.2) is 17.1 Å². The first-order valence-electron chi connectivity index (χ1n) is 6.23. The number of benzene rings is 1. The van der Waals surface area contributed by atoms with Crippen molar-refractivity contribution in [2.45, 2.75) is 4.34 Å². The molecule has 3 aromatic rings. The highest BCUT2D eigenvalue weighted by atomic mass is 32.2. The highest BCUT2D eigenvalue weighted by Crippen LogP contribution is 2.36. The molecule has 0 unspecified atom stereocenters. The number of nitrogens with one attached hydrogen (secondary N) is 1. The van der Waals surface area contributed by atoms with E-state index in [0.717, 1.165) is 20.6 Å². The lowest BCUT2D eigenvalue weighted by Crippen LogP contribution is -2.10. The second-order valence-corrected chi connectivity index (χ2v) is 6.21. The van der Waals surface area contributed by atoms with E-state index in [0.29, 0.717) is 0 Å². The standard InChI is InChI=1S/C15H12N2O2S2/c1-20-15-16-12(10-6-3-2-4-7-10)14(21-15)17-13(18)11-8-5-9-19-11/h2-9H,1H3,(H,17,18). The van der Waals surface area contributed by atoms with Crippen molar-refractivity contribution < 1.29 is 9.21 Å². The number of hydrogen-bond donors (Lipinski definition) is 1. The van der Waals surface area contributed by atoms with Crippen LogP contribution in [0.25, 0.3) is 11.3 Å². The van der Waals surface area contributed by atoms with Gasteiger partial charge >= 0.3 is 0 Å². The van der Waals surface area contributed by atoms with E-state index in [9.17, 15) is 4.79 Å². The van der Waals surface area contributed by atoms with Gasteiger partial charge in [-0.05, 0) is 18.4 Å². The number of hydrogen-bond acceptors (Lipinski definition) is 5. The van der Waals surface area contributed by atoms with E-state index in [2.05, 4.69) is 10.3 Å². The van der Waals surface area contributed by atoms with Crippen LogP contribution >= 0.6 is 23.1 Å². The van der Waals surface area contributed by atoms with Crippen molar-refractivity contribution in [3.63, 3.8) is 0 Å². The lowest BCUT2D eigenvalue weighted by Gasteiger charge is -2.03. The number of amides is 1. The van der Waals surface area contributed by atoms with Crippen LogP contribution in [-0.2, 0) is 0 Å². The van der Waals surface area contributed by atoms with Crippen molar-refractivity contribution in [1.82, 2.24) is 4.98 Å². The van der Waals surface area contributed by atoms with Gasteiger partial charge in [0.1, 0.15) is 10.7 Å². The van der Waals surface area contributed by atoms with E-state index in [-0.39, 0.29) is 11.7 Å². The zero-order valence-corrected chi connectivity index (χ0v) is 12.8. The van der Waals surface area contributed by atoms with Gasteiger partial charge in [0.05, 0.1) is 6.26 Å². The van der Waals surface area contributed by atoms with Crippen molar-refractivity contribution in [3.05, 3.63) is 54.5 Å². The number of carbonyl (C=O) groups excluding carboxylic acids is 1. The summed E-state index contributed by atoms with van der Waals surface area (Å²) in [6.07, 6.45) is 3.44. The third-order valence-electron chi connectivity index (χ3n) is 2.80. The predicted octanol–water partition coefficient (Wildman–Crippen LogP) is 4.38. The highest BCUT2D eigenvalue weighted by molar-refractivity contribution is 8.00. The fourth-order valence-electron chi connectivity index (χ4n) is 1.84. The quantitative estimate of drug-likeness (QED) is 0.726. The third kappa shape index (κ3) is 3.01. The first-order valence-corrected chi connectivity index (χ1v) is 8.27. The molecule has 3 rings (SSSR count). The van der Waals surface area contributed by atoms with Gasteiger partial charge in [-0.2, -0.15) is 0 Å². The van der Waals surface area contributed by atoms with Crippen LogP contribution < -0.4 is 5.32 Å². The van der Waals surface area contributed by atoms with Gasteiger partial charge in [-0.3, -0.25) is 4.79 Å². The first kappa shape index (κ1) is 13.9. The molecule has 0 atom stereocenters. The molecule has 6 heteroatoms. The molecule has 0 aliphatic rings. The molecule has 4 nitrogen and oxygen atoms in total. The fourth-order valence-corrected chi connectivity index (χ4v) is 3.32. The Morgan fingerprint density at radius 3 is 2.71 bits per heavy atom. The first-order chi connectivity index (χ1) is 10.3. The van der Waals surface area contributed by atoms with Gasteiger partial charge in [0.2, 0.25) is 0 Å². The molecule has 0 bridgehead atoms. The number of carbonyl (C=O) groups is 1. The summed E-state index contributed by atoms with van der Waals surface area (Å²) in [6, 6.07) is 13.1. The largest absolute Gasteiger partial charge is 0.459 e. The molecule has 2 aromatic heterocycles. The minimum atomic E-state index is -0.270. The van der Waals surface area contributed by atoms with Crippen molar-refractivity contribution >= 4 is 34.0 Å². The van der Waals surface area contributed by atoms with Crippen molar-refractivity contribution in [2.24, 2.45) is 0 Å². The van der Waals surface area contributed by atoms with E-state index in [1.54, 1.807) is 23.9 Å². The molecular weight excluding hydrogens is 304 g/mol. The Labute approximate surface area is 130 Å². The number of thiazole rings is 1. The molecule has 0 saturated carbocycles. The maximum Gasteiger partial charge on any atom is 0.292 e. The zero-order chi connectivity index (χ0) is 14.7. The summed E-state index contributed by atoms with van der Waals surface area (Å²) in [5.41, 5.74) is 1.76. The summed E-state index contributed by atoms with van der Waals surface area (Å²) in [5.74, 6) is 0.0154. The smallest absolute Gasteiger partial charge is 0.292 e. The minimum Gasteiger partial charge on any atom is -0.459 e. The highest BCUT2D eigenvalue weighted by Gasteiger charge is 2.17. The molecule has 0 aliphatic carbocycles. The molecule has 0 spiro atoms. The van der Waals surface area contributed by atoms with Gasteiger partial charge in [0.15, 0.2) is 10.1 Å². The number of thioether (sulfide) groups is 1. The third-order valence-corrected chi connectivity index (χ3v) is 4.76. The minimum absolute atomic E-state index is 0.270. The van der Waals surface area contributed by atoms with Crippen LogP contribution in [0.4, 0.5) is 5.00 Å². The molecule has 0 radical (unpaired) electrons. The topological polar surface area (TPSA) is 55.1 Å². The zero-order valence-electron chi connectivity index (χ0n) is 11.2. The maximum atomic E-state index is 12.1. The van der Waals surface area contributed by atoms with Crippen molar-refractivity contribution in [1.29, 1.82) is 0 Å². The van der Waals surface area contributed by atoms with Gasteiger partial charge in [0, 0.05) is 5.56 Å². The molecule has 21 heavy (non-hydrogen) atoms. The monoisotopic (exact) mass is 316 g/mol. The number of anilines is 1.